The highest BCUT2D eigenvalue weighted by Crippen LogP contribution is 2.31. The largest absolute Gasteiger partial charge is 0.469 e. The first-order valence-electron chi connectivity index (χ1n) is 17.0. The van der Waals surface area contributed by atoms with Crippen molar-refractivity contribution in [2.24, 2.45) is 0 Å². The van der Waals surface area contributed by atoms with Gasteiger partial charge in [-0.25, -0.2) is 9.97 Å². The molecule has 1 unspecified atom stereocenters. The number of para-hydroxylation sites is 1. The van der Waals surface area contributed by atoms with Crippen LogP contribution in [-0.2, 0) is 45.1 Å². The van der Waals surface area contributed by atoms with E-state index in [0.717, 1.165) is 65.5 Å². The average Bonchev–Trinajstić information content (AvgIpc) is 3.45. The molecule has 2 N–H and O–H groups in total. The van der Waals surface area contributed by atoms with Gasteiger partial charge < -0.3 is 24.8 Å². The summed E-state index contributed by atoms with van der Waals surface area (Å²) in [4.78, 5) is 53.1. The molecule has 1 aliphatic heterocycles. The number of carbonyl (C=O) groups excluding carboxylic acids is 3. The van der Waals surface area contributed by atoms with E-state index in [1.54, 1.807) is 13.8 Å². The summed E-state index contributed by atoms with van der Waals surface area (Å²) in [7, 11) is 3.53. The van der Waals surface area contributed by atoms with Crippen LogP contribution < -0.4 is 5.73 Å². The predicted molar refractivity (Wildman–Crippen MR) is 188 cm³/mol. The zero-order valence-corrected chi connectivity index (χ0v) is 28.9. The molecule has 5 rings (SSSR count). The third-order valence-electron chi connectivity index (χ3n) is 9.75. The summed E-state index contributed by atoms with van der Waals surface area (Å²) < 4.78 is 7.13. The Hall–Kier alpha value is -4.51. The number of likely N-dealkylation sites (tertiary alicyclic amines) is 1. The van der Waals surface area contributed by atoms with Crippen molar-refractivity contribution in [3.63, 3.8) is 0 Å². The molecule has 11 heteroatoms. The van der Waals surface area contributed by atoms with E-state index in [9.17, 15) is 14.4 Å². The van der Waals surface area contributed by atoms with E-state index in [1.807, 2.05) is 52.3 Å². The second kappa shape index (κ2) is 15.6. The molecule has 2 aromatic heterocycles. The highest BCUT2D eigenvalue weighted by molar-refractivity contribution is 6.06. The lowest BCUT2D eigenvalue weighted by molar-refractivity contribution is -0.139. The van der Waals surface area contributed by atoms with E-state index in [0.29, 0.717) is 44.1 Å². The minimum absolute atomic E-state index is 0.0148. The minimum atomic E-state index is -0.288. The molecule has 0 radical (unpaired) electrons. The standard InChI is InChI=1S/C37H49N7O4/c1-6-7-12-33-40-35-36(31-10-8-9-11-32(31)39-37(35)38)44(33)24-30(41(4)29-17-19-42(20-18-29)25(2)45)23-43(26(3)46)22-28-15-13-27(14-16-28)21-34(47)48-5/h8-11,13-16,29-30H,6-7,12,17-24H2,1-5H3,(H2,38,39). The Labute approximate surface area is 283 Å². The van der Waals surface area contributed by atoms with E-state index in [-0.39, 0.29) is 36.3 Å². The molecular weight excluding hydrogens is 606 g/mol. The number of fused-ring (bicyclic) bond motifs is 3. The molecular formula is C37H49N7O4. The molecule has 2 aromatic carbocycles. The Bertz CT molecular complexity index is 1740. The number of nitrogen functional groups attached to an aromatic ring is 1. The predicted octanol–water partition coefficient (Wildman–Crippen LogP) is 4.58. The number of imidazole rings is 1. The number of ether oxygens (including phenoxy) is 1. The molecule has 1 saturated heterocycles. The summed E-state index contributed by atoms with van der Waals surface area (Å²) in [6.07, 6.45) is 4.76. The molecule has 0 bridgehead atoms. The second-order valence-electron chi connectivity index (χ2n) is 13.0. The van der Waals surface area contributed by atoms with Gasteiger partial charge in [-0.1, -0.05) is 55.8 Å². The van der Waals surface area contributed by atoms with Crippen molar-refractivity contribution in [3.8, 4) is 0 Å². The van der Waals surface area contributed by atoms with Gasteiger partial charge in [-0.05, 0) is 43.5 Å². The van der Waals surface area contributed by atoms with Crippen LogP contribution in [0, 0.1) is 0 Å². The van der Waals surface area contributed by atoms with Gasteiger partial charge in [0.1, 0.15) is 11.3 Å². The fourth-order valence-electron chi connectivity index (χ4n) is 6.82. The third kappa shape index (κ3) is 7.95. The molecule has 0 aliphatic carbocycles. The number of benzene rings is 2. The third-order valence-corrected chi connectivity index (χ3v) is 9.75. The lowest BCUT2D eigenvalue weighted by atomic mass is 10.0. The average molecular weight is 656 g/mol. The van der Waals surface area contributed by atoms with Crippen LogP contribution in [0.1, 0.15) is 63.4 Å². The summed E-state index contributed by atoms with van der Waals surface area (Å²) in [6.45, 7) is 8.40. The summed E-state index contributed by atoms with van der Waals surface area (Å²) in [5, 5.41) is 1.00. The number of methoxy groups -OCH3 is 1. The number of aryl methyl sites for hydroxylation is 1. The Morgan fingerprint density at radius 2 is 1.71 bits per heavy atom. The summed E-state index contributed by atoms with van der Waals surface area (Å²) in [5.41, 5.74) is 10.9. The Kier molecular flexibility index (Phi) is 11.3. The number of hydrogen-bond acceptors (Lipinski definition) is 8. The van der Waals surface area contributed by atoms with Crippen LogP contribution in [0.4, 0.5) is 5.82 Å². The molecule has 1 fully saturated rings. The molecule has 1 aliphatic rings. The summed E-state index contributed by atoms with van der Waals surface area (Å²) >= 11 is 0. The van der Waals surface area contributed by atoms with Crippen LogP contribution in [0.3, 0.4) is 0 Å². The number of piperidine rings is 1. The second-order valence-corrected chi connectivity index (χ2v) is 13.0. The number of pyridine rings is 1. The first kappa shape index (κ1) is 34.8. The van der Waals surface area contributed by atoms with Crippen LogP contribution in [0.5, 0.6) is 0 Å². The van der Waals surface area contributed by atoms with Crippen molar-refractivity contribution < 1.29 is 19.1 Å². The summed E-state index contributed by atoms with van der Waals surface area (Å²) in [6, 6.07) is 16.0. The number of anilines is 1. The molecule has 3 heterocycles. The van der Waals surface area contributed by atoms with E-state index >= 15 is 0 Å². The van der Waals surface area contributed by atoms with Crippen LogP contribution in [0.2, 0.25) is 0 Å². The number of hydrogen-bond donors (Lipinski definition) is 1. The molecule has 1 atom stereocenters. The molecule has 11 nitrogen and oxygen atoms in total. The van der Waals surface area contributed by atoms with E-state index in [1.165, 1.54) is 7.11 Å². The number of nitrogens with two attached hydrogens (primary N) is 1. The van der Waals surface area contributed by atoms with Crippen LogP contribution in [-0.4, -0.2) is 92.9 Å². The van der Waals surface area contributed by atoms with Crippen molar-refractivity contribution in [2.45, 2.75) is 84.5 Å². The Morgan fingerprint density at radius 3 is 2.35 bits per heavy atom. The van der Waals surface area contributed by atoms with Crippen molar-refractivity contribution in [3.05, 3.63) is 65.5 Å². The van der Waals surface area contributed by atoms with Gasteiger partial charge in [-0.2, -0.15) is 0 Å². The van der Waals surface area contributed by atoms with Crippen LogP contribution >= 0.6 is 0 Å². The van der Waals surface area contributed by atoms with Gasteiger partial charge in [0.25, 0.3) is 0 Å². The van der Waals surface area contributed by atoms with Crippen molar-refractivity contribution in [1.82, 2.24) is 29.2 Å². The van der Waals surface area contributed by atoms with Gasteiger partial charge in [0.05, 0.1) is 24.6 Å². The number of amides is 2. The number of esters is 1. The molecule has 4 aromatic rings. The Balaban J connectivity index is 1.51. The number of likely N-dealkylation sites (N-methyl/N-ethyl adjacent to an activating group) is 1. The van der Waals surface area contributed by atoms with Gasteiger partial charge >= 0.3 is 5.97 Å². The fourth-order valence-corrected chi connectivity index (χ4v) is 6.82. The van der Waals surface area contributed by atoms with Crippen LogP contribution in [0.25, 0.3) is 21.9 Å². The Morgan fingerprint density at radius 1 is 1.02 bits per heavy atom. The van der Waals surface area contributed by atoms with Crippen molar-refractivity contribution in [2.75, 3.05) is 39.5 Å². The fraction of sp³-hybridized carbons (Fsp3) is 0.486. The van der Waals surface area contributed by atoms with Gasteiger partial charge in [0.15, 0.2) is 5.82 Å². The van der Waals surface area contributed by atoms with E-state index < -0.39 is 0 Å². The van der Waals surface area contributed by atoms with E-state index in [4.69, 9.17) is 15.5 Å². The zero-order valence-electron chi connectivity index (χ0n) is 28.9. The molecule has 48 heavy (non-hydrogen) atoms. The highest BCUT2D eigenvalue weighted by atomic mass is 16.5. The number of nitrogens with zero attached hydrogens (tertiary/aromatic N) is 6. The maximum absolute atomic E-state index is 13.3. The maximum atomic E-state index is 13.3. The normalized spacial score (nSPS) is 14.5. The molecule has 2 amide bonds. The first-order valence-corrected chi connectivity index (χ1v) is 17.0. The SMILES string of the molecule is CCCCc1nc2c(N)nc3ccccc3c2n1CC(CN(Cc1ccc(CC(=O)OC)cc1)C(C)=O)N(C)C1CCN(C(C)=O)CC1. The zero-order chi connectivity index (χ0) is 34.4. The highest BCUT2D eigenvalue weighted by Gasteiger charge is 2.31. The number of unbranched alkanes of at least 4 members (excludes halogenated alkanes) is 1. The number of aromatic nitrogens is 3. The maximum Gasteiger partial charge on any atom is 0.309 e. The van der Waals surface area contributed by atoms with Gasteiger partial charge in [0.2, 0.25) is 11.8 Å². The van der Waals surface area contributed by atoms with Gasteiger partial charge in [-0.3, -0.25) is 19.3 Å². The smallest absolute Gasteiger partial charge is 0.309 e. The topological polar surface area (TPSA) is 127 Å². The van der Waals surface area contributed by atoms with Crippen molar-refractivity contribution in [1.29, 1.82) is 0 Å². The molecule has 256 valence electrons. The van der Waals surface area contributed by atoms with E-state index in [2.05, 4.69) is 34.5 Å². The number of rotatable bonds is 13. The van der Waals surface area contributed by atoms with Gasteiger partial charge in [0, 0.05) is 70.5 Å². The van der Waals surface area contributed by atoms with Crippen LogP contribution in [0.15, 0.2) is 48.5 Å². The quantitative estimate of drug-likeness (QED) is 0.208. The summed E-state index contributed by atoms with van der Waals surface area (Å²) in [5.74, 6) is 1.19. The first-order chi connectivity index (χ1) is 23.1. The van der Waals surface area contributed by atoms with Gasteiger partial charge in [-0.15, -0.1) is 0 Å². The van der Waals surface area contributed by atoms with Crippen molar-refractivity contribution >= 4 is 45.5 Å². The lowest BCUT2D eigenvalue weighted by Gasteiger charge is -2.42. The minimum Gasteiger partial charge on any atom is -0.469 e. The molecule has 0 saturated carbocycles. The monoisotopic (exact) mass is 655 g/mol. The number of carbonyl (C=O) groups is 3. The molecule has 0 spiro atoms. The lowest BCUT2D eigenvalue weighted by Crippen LogP contribution is -2.53.